The number of ether oxygens (including phenoxy) is 2. The fourth-order valence-corrected chi connectivity index (χ4v) is 23.5. The molecule has 0 saturated carbocycles. The van der Waals surface area contributed by atoms with E-state index in [2.05, 4.69) is 274 Å². The quantitative estimate of drug-likeness (QED) is 0.0281. The Kier molecular flexibility index (Phi) is 26.7. The van der Waals surface area contributed by atoms with Crippen LogP contribution in [0.3, 0.4) is 0 Å². The van der Waals surface area contributed by atoms with Crippen molar-refractivity contribution in [3.05, 3.63) is 175 Å². The summed E-state index contributed by atoms with van der Waals surface area (Å²) in [4.78, 5) is 7.43. The van der Waals surface area contributed by atoms with Gasteiger partial charge in [0.2, 0.25) is 0 Å². The number of nitrogens with zero attached hydrogens (tertiary/aromatic N) is 4. The normalized spacial score (nSPS) is 15.0. The number of hydrogen-bond acceptors (Lipinski definition) is 14. The molecule has 16 rings (SSSR count). The van der Waals surface area contributed by atoms with Crippen LogP contribution in [0.1, 0.15) is 194 Å². The molecule has 0 radical (unpaired) electrons. The number of thiophene rings is 4. The molecule has 8 aromatic carbocycles. The molecule has 0 aliphatic carbocycles. The average Bonchev–Trinajstić information content (AvgIpc) is 1.45. The number of aromatic nitrogens is 4. The van der Waals surface area contributed by atoms with Crippen LogP contribution in [0.4, 0.5) is 0 Å². The monoisotopic (exact) mass is 1830 g/mol. The zero-order valence-electron chi connectivity index (χ0n) is 67.2. The van der Waals surface area contributed by atoms with E-state index in [-0.39, 0.29) is 29.9 Å². The van der Waals surface area contributed by atoms with Crippen molar-refractivity contribution in [2.24, 2.45) is 0 Å². The van der Waals surface area contributed by atoms with Crippen LogP contribution in [-0.2, 0) is 18.6 Å². The van der Waals surface area contributed by atoms with E-state index in [1.807, 2.05) is 11.3 Å². The molecule has 0 N–H and O–H groups in total. The molecular weight excluding hydrogens is 1720 g/mol. The summed E-state index contributed by atoms with van der Waals surface area (Å²) >= 11 is 14.2. The molecule has 112 heavy (non-hydrogen) atoms. The number of rotatable bonds is 27. The van der Waals surface area contributed by atoms with Gasteiger partial charge < -0.3 is 18.6 Å². The Bertz CT molecular complexity index is 5420. The van der Waals surface area contributed by atoms with Gasteiger partial charge in [-0.3, -0.25) is 0 Å². The summed E-state index contributed by atoms with van der Waals surface area (Å²) in [6.07, 6.45) is 20.8. The Morgan fingerprint density at radius 3 is 1.08 bits per heavy atom. The summed E-state index contributed by atoms with van der Waals surface area (Å²) in [6.45, 7) is 31.6. The van der Waals surface area contributed by atoms with E-state index in [9.17, 15) is 0 Å². The molecular formula is C92H102B2Br2N4O6S4Se2. The molecule has 2 aliphatic rings. The van der Waals surface area contributed by atoms with E-state index < -0.39 is 36.6 Å². The maximum atomic E-state index is 6.51. The Balaban J connectivity index is 0.000000143. The topological polar surface area (TPSA) is 107 Å². The number of aryl methyl sites for hydroxylation is 4. The van der Waals surface area contributed by atoms with Crippen molar-refractivity contribution in [2.75, 3.05) is 13.2 Å². The minimum absolute atomic E-state index is 0.0950. The van der Waals surface area contributed by atoms with E-state index in [1.165, 1.54) is 169 Å². The molecule has 20 heteroatoms. The van der Waals surface area contributed by atoms with Gasteiger partial charge in [-0.2, -0.15) is 0 Å². The first-order chi connectivity index (χ1) is 54.0. The third-order valence-corrected chi connectivity index (χ3v) is 31.1. The van der Waals surface area contributed by atoms with E-state index >= 15 is 0 Å². The van der Waals surface area contributed by atoms with E-state index in [4.69, 9.17) is 44.0 Å². The average molecular weight is 1830 g/mol. The molecule has 14 aromatic rings. The standard InChI is InChI=1S/C41H42N2OS2Se.C26H32B2O4.C25H28Br2N2OS2Se/c1-5-6-7-8-9-10-11-16-23-44-35-25-27(3)45-41(35)34-22-21-33(38-39(34)43-47-42-38)40-26(2)24-36(46-40)37-31-19-14-12-17-29(31)28(4)30-18-13-15-20-32(30)37;1-23(2)24(3,4)30-27(29-23)21-17-13-9-11-15-19(17)22(20-16-12-10-14-18(20)21)28-31-25(5,6)26(7,8)32-28;1-3-4-5-6-7-8-9-10-13-30-19-15-21(27)32-25(19)18-12-11-17(22-23(18)29-33-28-22)24-16(2)14-20(26)31-24/h12-15,17-22,24-25H,5-11,16,23H2,1-4H3;9-16H,1-8H3;11-12,14-15H,3-10,13H2,1-2H3. The zero-order valence-corrected chi connectivity index (χ0v) is 77.0. The SMILES string of the molecule is CC1(C)OB(c2c3ccccc3c(B3OC(C)(C)C(C)(C)O3)c3ccccc23)OC1(C)C.CCCCCCCCCCOc1cc(Br)sc1-c1ccc(-c2sc(Br)cc2C)c2n[se]nc12.CCCCCCCCCCOc1cc(C)sc1-c1ccc(-c2sc(-c3c4ccccc4c(C)c4ccccc34)cc2C)c2n[se]nc12. The summed E-state index contributed by atoms with van der Waals surface area (Å²) in [5, 5.41) is 9.69. The van der Waals surface area contributed by atoms with Crippen molar-refractivity contribution in [3.63, 3.8) is 0 Å². The summed E-state index contributed by atoms with van der Waals surface area (Å²) in [5.41, 5.74) is 14.5. The van der Waals surface area contributed by atoms with Gasteiger partial charge in [-0.15, -0.1) is 0 Å². The van der Waals surface area contributed by atoms with Crippen molar-refractivity contribution in [1.82, 2.24) is 15.9 Å². The van der Waals surface area contributed by atoms with Crippen LogP contribution in [0, 0.1) is 27.7 Å². The van der Waals surface area contributed by atoms with Crippen LogP contribution in [0.2, 0.25) is 0 Å². The minimum atomic E-state index is -0.456. The van der Waals surface area contributed by atoms with Gasteiger partial charge in [-0.05, 0) is 87.9 Å². The molecule has 2 aliphatic heterocycles. The van der Waals surface area contributed by atoms with E-state index in [1.54, 1.807) is 34.0 Å². The first-order valence-electron chi connectivity index (χ1n) is 40.1. The van der Waals surface area contributed by atoms with Gasteiger partial charge in [0.1, 0.15) is 0 Å². The van der Waals surface area contributed by atoms with Gasteiger partial charge in [0.25, 0.3) is 0 Å². The van der Waals surface area contributed by atoms with E-state index in [0.717, 1.165) is 116 Å². The third-order valence-electron chi connectivity index (χ3n) is 23.1. The van der Waals surface area contributed by atoms with Gasteiger partial charge >= 0.3 is 485 Å². The Hall–Kier alpha value is -5.63. The van der Waals surface area contributed by atoms with Crippen molar-refractivity contribution in [2.45, 2.75) is 222 Å². The van der Waals surface area contributed by atoms with Crippen LogP contribution < -0.4 is 20.4 Å². The number of unbranched alkanes of at least 4 members (excludes halogenated alkanes) is 14. The molecule has 2 fully saturated rings. The number of halogens is 2. The van der Waals surface area contributed by atoms with Crippen molar-refractivity contribution in [3.8, 4) is 63.7 Å². The van der Waals surface area contributed by atoms with Crippen LogP contribution in [0.25, 0.3) is 117 Å². The molecule has 0 spiro atoms. The predicted octanol–water partition coefficient (Wildman–Crippen LogP) is 26.7. The number of fused-ring (bicyclic) bond motifs is 6. The molecule has 10 nitrogen and oxygen atoms in total. The fourth-order valence-electron chi connectivity index (χ4n) is 15.5. The van der Waals surface area contributed by atoms with Crippen LogP contribution >= 0.6 is 77.2 Å². The van der Waals surface area contributed by atoms with Crippen LogP contribution in [-0.4, -0.2) is 95.7 Å². The molecule has 0 unspecified atom stereocenters. The maximum absolute atomic E-state index is 6.51. The molecule has 2 saturated heterocycles. The summed E-state index contributed by atoms with van der Waals surface area (Å²) in [7, 11) is -0.913. The second-order valence-corrected chi connectivity index (χ2v) is 41.4. The van der Waals surface area contributed by atoms with Crippen molar-refractivity contribution >= 4 is 197 Å². The van der Waals surface area contributed by atoms with Gasteiger partial charge in [0.15, 0.2) is 0 Å². The number of benzene rings is 8. The van der Waals surface area contributed by atoms with Gasteiger partial charge in [0, 0.05) is 0 Å². The Labute approximate surface area is 708 Å². The summed E-state index contributed by atoms with van der Waals surface area (Å²) in [6, 6.07) is 52.4. The van der Waals surface area contributed by atoms with Crippen molar-refractivity contribution in [1.29, 1.82) is 0 Å². The van der Waals surface area contributed by atoms with Crippen molar-refractivity contribution < 1.29 is 28.1 Å². The molecule has 8 heterocycles. The fraction of sp³-hybridized carbons (Fsp3) is 0.391. The second kappa shape index (κ2) is 36.1. The first kappa shape index (κ1) is 82.9. The molecule has 0 amide bonds. The number of hydrogen-bond donors (Lipinski definition) is 0. The summed E-state index contributed by atoms with van der Waals surface area (Å²) in [5.74, 6) is 1.95. The van der Waals surface area contributed by atoms with Gasteiger partial charge in [-0.1, -0.05) is 101 Å². The van der Waals surface area contributed by atoms with Gasteiger partial charge in [0.05, 0.1) is 22.4 Å². The molecule has 582 valence electrons. The molecule has 6 aromatic heterocycles. The Morgan fingerprint density at radius 1 is 0.366 bits per heavy atom. The molecule has 0 atom stereocenters. The molecule has 0 bridgehead atoms. The Morgan fingerprint density at radius 2 is 0.688 bits per heavy atom. The van der Waals surface area contributed by atoms with Crippen LogP contribution in [0.5, 0.6) is 11.5 Å². The van der Waals surface area contributed by atoms with E-state index in [0.29, 0.717) is 0 Å². The predicted molar refractivity (Wildman–Crippen MR) is 490 cm³/mol. The third kappa shape index (κ3) is 17.5. The summed E-state index contributed by atoms with van der Waals surface area (Å²) < 4.78 is 60.6. The van der Waals surface area contributed by atoms with Crippen LogP contribution in [0.15, 0.2) is 153 Å². The van der Waals surface area contributed by atoms with Gasteiger partial charge in [-0.25, -0.2) is 0 Å². The second-order valence-electron chi connectivity index (χ2n) is 32.1. The first-order valence-corrected chi connectivity index (χ1v) is 48.0. The zero-order chi connectivity index (χ0) is 78.6.